The second kappa shape index (κ2) is 10.4. The minimum absolute atomic E-state index is 0.0173. The Morgan fingerprint density at radius 3 is 2.26 bits per heavy atom. The van der Waals surface area contributed by atoms with Crippen LogP contribution in [0.4, 0.5) is 0 Å². The SMILES string of the molecule is N[C@@]1(C(=O)O)CN(S(=O)(=O)N2CCNCC2)C[C@@H]1CCCB1OC(=O)C(CC(=O)O)(CC(=O)O)O1. The van der Waals surface area contributed by atoms with Gasteiger partial charge in [-0.3, -0.25) is 19.2 Å². The highest BCUT2D eigenvalue weighted by Gasteiger charge is 2.56. The molecule has 0 aliphatic carbocycles. The number of nitrogens with one attached hydrogen (secondary N) is 1. The van der Waals surface area contributed by atoms with Crippen molar-refractivity contribution in [2.24, 2.45) is 11.7 Å². The zero-order chi connectivity index (χ0) is 26.0. The number of aliphatic carboxylic acids is 3. The van der Waals surface area contributed by atoms with E-state index in [-0.39, 0.29) is 38.8 Å². The molecule has 15 nitrogen and oxygen atoms in total. The van der Waals surface area contributed by atoms with Crippen molar-refractivity contribution in [2.75, 3.05) is 39.3 Å². The number of carbonyl (C=O) groups is 4. The number of rotatable bonds is 11. The summed E-state index contributed by atoms with van der Waals surface area (Å²) in [7, 11) is -5.13. The first-order valence-corrected chi connectivity index (χ1v) is 12.5. The van der Waals surface area contributed by atoms with Crippen LogP contribution in [0.25, 0.3) is 0 Å². The summed E-state index contributed by atoms with van der Waals surface area (Å²) in [5, 5.41) is 30.9. The van der Waals surface area contributed by atoms with Gasteiger partial charge in [0, 0.05) is 45.2 Å². The van der Waals surface area contributed by atoms with Crippen LogP contribution in [-0.2, 0) is 38.7 Å². The molecular formula is C18H29BN4O11S. The molecule has 196 valence electrons. The van der Waals surface area contributed by atoms with Crippen molar-refractivity contribution in [3.63, 3.8) is 0 Å². The van der Waals surface area contributed by atoms with Crippen LogP contribution in [0.2, 0.25) is 6.32 Å². The Balaban J connectivity index is 1.64. The minimum Gasteiger partial charge on any atom is -0.507 e. The Bertz CT molecular complexity index is 957. The van der Waals surface area contributed by atoms with E-state index in [2.05, 4.69) is 5.32 Å². The molecule has 0 aromatic carbocycles. The molecule has 2 atom stereocenters. The monoisotopic (exact) mass is 520 g/mol. The molecule has 3 aliphatic heterocycles. The molecule has 0 spiro atoms. The van der Waals surface area contributed by atoms with Crippen LogP contribution in [0.5, 0.6) is 0 Å². The molecule has 0 aromatic heterocycles. The van der Waals surface area contributed by atoms with Crippen LogP contribution in [0.3, 0.4) is 0 Å². The van der Waals surface area contributed by atoms with Crippen LogP contribution >= 0.6 is 0 Å². The zero-order valence-electron chi connectivity index (χ0n) is 18.9. The molecular weight excluding hydrogens is 491 g/mol. The van der Waals surface area contributed by atoms with Crippen LogP contribution in [0, 0.1) is 5.92 Å². The van der Waals surface area contributed by atoms with Crippen molar-refractivity contribution < 1.29 is 52.2 Å². The van der Waals surface area contributed by atoms with E-state index in [1.54, 1.807) is 0 Å². The van der Waals surface area contributed by atoms with Crippen molar-refractivity contribution in [3.05, 3.63) is 0 Å². The molecule has 3 fully saturated rings. The lowest BCUT2D eigenvalue weighted by atomic mass is 9.78. The summed E-state index contributed by atoms with van der Waals surface area (Å²) in [5.74, 6) is -6.06. The van der Waals surface area contributed by atoms with Crippen LogP contribution < -0.4 is 11.1 Å². The quantitative estimate of drug-likeness (QED) is 0.176. The first-order chi connectivity index (χ1) is 16.3. The van der Waals surface area contributed by atoms with Crippen LogP contribution in [0.15, 0.2) is 0 Å². The topological polar surface area (TPSA) is 226 Å². The fourth-order valence-corrected chi connectivity index (χ4v) is 6.39. The summed E-state index contributed by atoms with van der Waals surface area (Å²) in [6.07, 6.45) is -1.41. The Labute approximate surface area is 201 Å². The van der Waals surface area contributed by atoms with E-state index in [0.29, 0.717) is 13.1 Å². The third kappa shape index (κ3) is 5.75. The summed E-state index contributed by atoms with van der Waals surface area (Å²) in [5.41, 5.74) is 2.17. The van der Waals surface area contributed by atoms with Gasteiger partial charge in [-0.1, -0.05) is 6.42 Å². The van der Waals surface area contributed by atoms with Gasteiger partial charge in [0.2, 0.25) is 0 Å². The Kier molecular flexibility index (Phi) is 8.07. The van der Waals surface area contributed by atoms with E-state index >= 15 is 0 Å². The molecule has 3 saturated heterocycles. The number of carboxylic acid groups (broad SMARTS) is 3. The maximum atomic E-state index is 13.0. The number of hydrogen-bond donors (Lipinski definition) is 5. The first kappa shape index (κ1) is 27.3. The summed E-state index contributed by atoms with van der Waals surface area (Å²) < 4.78 is 38.8. The maximum Gasteiger partial charge on any atom is 0.528 e. The average molecular weight is 520 g/mol. The van der Waals surface area contributed by atoms with Gasteiger partial charge in [0.25, 0.3) is 10.2 Å². The number of hydrogen-bond acceptors (Lipinski definition) is 10. The molecule has 6 N–H and O–H groups in total. The van der Waals surface area contributed by atoms with Crippen molar-refractivity contribution in [1.29, 1.82) is 0 Å². The number of piperazine rings is 1. The lowest BCUT2D eigenvalue weighted by Gasteiger charge is -2.30. The van der Waals surface area contributed by atoms with Crippen LogP contribution in [0.1, 0.15) is 25.7 Å². The molecule has 35 heavy (non-hydrogen) atoms. The Morgan fingerprint density at radius 1 is 1.11 bits per heavy atom. The van der Waals surface area contributed by atoms with Gasteiger partial charge in [-0.05, 0) is 12.7 Å². The summed E-state index contributed by atoms with van der Waals surface area (Å²) >= 11 is 0. The van der Waals surface area contributed by atoms with E-state index in [1.807, 2.05) is 0 Å². The van der Waals surface area contributed by atoms with Gasteiger partial charge in [0.05, 0.1) is 12.8 Å². The predicted molar refractivity (Wildman–Crippen MR) is 117 cm³/mol. The largest absolute Gasteiger partial charge is 0.528 e. The molecule has 3 rings (SSSR count). The van der Waals surface area contributed by atoms with Gasteiger partial charge < -0.3 is 35.7 Å². The van der Waals surface area contributed by atoms with Gasteiger partial charge in [0.15, 0.2) is 5.60 Å². The fourth-order valence-electron chi connectivity index (χ4n) is 4.68. The number of carbonyl (C=O) groups excluding carboxylic acids is 1. The van der Waals surface area contributed by atoms with Crippen molar-refractivity contribution >= 4 is 41.2 Å². The lowest BCUT2D eigenvalue weighted by molar-refractivity contribution is -0.157. The maximum absolute atomic E-state index is 13.0. The van der Waals surface area contributed by atoms with Crippen molar-refractivity contribution in [1.82, 2.24) is 13.9 Å². The van der Waals surface area contributed by atoms with Crippen molar-refractivity contribution in [3.8, 4) is 0 Å². The molecule has 0 radical (unpaired) electrons. The molecule has 0 saturated carbocycles. The standard InChI is InChI=1S/C18H29BN4O11S/c20-18(15(28)29)11-23(35(31,32)22-6-4-21-5-7-22)10-12(18)2-1-3-19-33-16(30)17(34-19,8-13(24)25)9-14(26)27/h12,21H,1-11,20H2,(H,24,25)(H,26,27)(H,28,29)/t12-,18-/m0/s1. The van der Waals surface area contributed by atoms with Crippen molar-refractivity contribution in [2.45, 2.75) is 43.1 Å². The first-order valence-electron chi connectivity index (χ1n) is 11.1. The van der Waals surface area contributed by atoms with Gasteiger partial charge in [-0.2, -0.15) is 17.0 Å². The van der Waals surface area contributed by atoms with Gasteiger partial charge in [-0.25, -0.2) is 0 Å². The van der Waals surface area contributed by atoms with Gasteiger partial charge in [0.1, 0.15) is 5.54 Å². The molecule has 0 unspecified atom stereocenters. The molecule has 0 bridgehead atoms. The van der Waals surface area contributed by atoms with E-state index in [1.165, 1.54) is 4.31 Å². The second-order valence-corrected chi connectivity index (χ2v) is 10.9. The summed E-state index contributed by atoms with van der Waals surface area (Å²) in [6.45, 7) is 0.972. The average Bonchev–Trinajstić information content (AvgIpc) is 3.26. The molecule has 0 amide bonds. The molecule has 0 aromatic rings. The lowest BCUT2D eigenvalue weighted by Crippen LogP contribution is -2.56. The highest BCUT2D eigenvalue weighted by Crippen LogP contribution is 2.35. The smallest absolute Gasteiger partial charge is 0.507 e. The third-order valence-corrected chi connectivity index (χ3v) is 8.50. The number of carboxylic acids is 3. The van der Waals surface area contributed by atoms with E-state index in [9.17, 15) is 32.7 Å². The van der Waals surface area contributed by atoms with E-state index in [0.717, 1.165) is 4.31 Å². The normalized spacial score (nSPS) is 27.6. The highest BCUT2D eigenvalue weighted by atomic mass is 32.2. The van der Waals surface area contributed by atoms with E-state index < -0.39 is 77.6 Å². The minimum atomic E-state index is -3.91. The fraction of sp³-hybridized carbons (Fsp3) is 0.778. The molecule has 3 aliphatic rings. The molecule has 17 heteroatoms. The Morgan fingerprint density at radius 2 is 1.71 bits per heavy atom. The van der Waals surface area contributed by atoms with Gasteiger partial charge in [-0.15, -0.1) is 0 Å². The highest BCUT2D eigenvalue weighted by molar-refractivity contribution is 7.86. The van der Waals surface area contributed by atoms with Gasteiger partial charge >= 0.3 is 31.0 Å². The number of nitrogens with zero attached hydrogens (tertiary/aromatic N) is 2. The summed E-state index contributed by atoms with van der Waals surface area (Å²) in [6, 6.07) is 0. The van der Waals surface area contributed by atoms with Crippen LogP contribution in [-0.4, -0.2) is 114 Å². The molecule has 3 heterocycles. The predicted octanol–water partition coefficient (Wildman–Crippen LogP) is -2.62. The second-order valence-electron chi connectivity index (χ2n) is 9.01. The zero-order valence-corrected chi connectivity index (χ0v) is 19.7. The van der Waals surface area contributed by atoms with E-state index in [4.69, 9.17) is 25.3 Å². The summed E-state index contributed by atoms with van der Waals surface area (Å²) in [4.78, 5) is 46.5. The number of nitrogens with two attached hydrogens (primary N) is 1. The Hall–Kier alpha value is -2.31. The third-order valence-electron chi connectivity index (χ3n) is 6.55.